The highest BCUT2D eigenvalue weighted by atomic mass is 16.5. The van der Waals surface area contributed by atoms with Crippen LogP contribution in [0.4, 0.5) is 0 Å². The first-order chi connectivity index (χ1) is 7.60. The van der Waals surface area contributed by atoms with Crippen LogP contribution in [0.2, 0.25) is 0 Å². The minimum atomic E-state index is -0.679. The molecule has 1 unspecified atom stereocenters. The van der Waals surface area contributed by atoms with E-state index in [1.807, 2.05) is 0 Å². The van der Waals surface area contributed by atoms with Gasteiger partial charge in [0.1, 0.15) is 5.75 Å². The number of amides is 1. The van der Waals surface area contributed by atoms with Gasteiger partial charge in [0.05, 0.1) is 12.7 Å². The highest BCUT2D eigenvalue weighted by molar-refractivity contribution is 5.97. The normalized spacial score (nSPS) is 11.4. The van der Waals surface area contributed by atoms with Gasteiger partial charge in [-0.3, -0.25) is 4.79 Å². The second kappa shape index (κ2) is 5.16. The van der Waals surface area contributed by atoms with Gasteiger partial charge < -0.3 is 10.5 Å². The van der Waals surface area contributed by atoms with Crippen LogP contribution in [-0.4, -0.2) is 13.0 Å². The Morgan fingerprint density at radius 2 is 2.31 bits per heavy atom. The number of hydrogen-bond donors (Lipinski definition) is 1. The Labute approximate surface area is 92.6 Å². The second-order valence-corrected chi connectivity index (χ2v) is 3.24. The van der Waals surface area contributed by atoms with Gasteiger partial charge in [-0.15, -0.1) is 0 Å². The maximum atomic E-state index is 11.5. The van der Waals surface area contributed by atoms with Crippen LogP contribution in [0.15, 0.2) is 23.3 Å². The maximum Gasteiger partial charge on any atom is 0.252 e. The summed E-state index contributed by atoms with van der Waals surface area (Å²) in [6.07, 6.45) is 0. The summed E-state index contributed by atoms with van der Waals surface area (Å²) in [4.78, 5) is 13.9. The molecule has 0 spiro atoms. The Bertz CT molecular complexity index is 450. The monoisotopic (exact) mass is 220 g/mol. The van der Waals surface area contributed by atoms with E-state index in [1.54, 1.807) is 25.1 Å². The van der Waals surface area contributed by atoms with E-state index in [1.165, 1.54) is 7.11 Å². The van der Waals surface area contributed by atoms with Crippen LogP contribution in [0.3, 0.4) is 0 Å². The molecule has 0 saturated heterocycles. The Balaban J connectivity index is 3.26. The molecule has 0 aliphatic rings. The van der Waals surface area contributed by atoms with Gasteiger partial charge in [0.25, 0.3) is 5.91 Å². The van der Waals surface area contributed by atoms with Crippen LogP contribution in [-0.2, 0) is 0 Å². The molecule has 6 nitrogen and oxygen atoms in total. The van der Waals surface area contributed by atoms with Gasteiger partial charge in [-0.25, -0.2) is 0 Å². The molecule has 0 fully saturated rings. The van der Waals surface area contributed by atoms with Gasteiger partial charge in [-0.05, 0) is 35.3 Å². The number of hydrogen-bond acceptors (Lipinski definition) is 3. The van der Waals surface area contributed by atoms with Gasteiger partial charge in [0, 0.05) is 11.0 Å². The molecule has 1 rings (SSSR count). The number of methoxy groups -OCH3 is 1. The number of carbonyl (C=O) groups is 1. The number of benzene rings is 1. The topological polar surface area (TPSA) is 101 Å². The summed E-state index contributed by atoms with van der Waals surface area (Å²) in [6.45, 7) is 1.80. The van der Waals surface area contributed by atoms with Crippen molar-refractivity contribution in [3.8, 4) is 5.75 Å². The molecule has 0 saturated carbocycles. The largest absolute Gasteiger partial charge is 0.496 e. The molecule has 0 heterocycles. The quantitative estimate of drug-likeness (QED) is 0.479. The maximum absolute atomic E-state index is 11.5. The molecular weight excluding hydrogens is 208 g/mol. The summed E-state index contributed by atoms with van der Waals surface area (Å²) in [5.74, 6) is -0.316. The molecule has 1 amide bonds. The third-order valence-corrected chi connectivity index (χ3v) is 2.12. The van der Waals surface area contributed by atoms with E-state index in [9.17, 15) is 4.79 Å². The highest BCUT2D eigenvalue weighted by Crippen LogP contribution is 2.23. The number of ether oxygens (including phenoxy) is 1. The molecule has 84 valence electrons. The fraction of sp³-hybridized carbons (Fsp3) is 0.300. The van der Waals surface area contributed by atoms with E-state index in [4.69, 9.17) is 16.0 Å². The van der Waals surface area contributed by atoms with Gasteiger partial charge in [0.15, 0.2) is 0 Å². The molecule has 1 aromatic carbocycles. The van der Waals surface area contributed by atoms with Gasteiger partial charge in [-0.1, -0.05) is 6.07 Å². The average molecular weight is 220 g/mol. The zero-order chi connectivity index (χ0) is 12.1. The predicted octanol–water partition coefficient (Wildman–Crippen LogP) is 2.17. The first kappa shape index (κ1) is 12.0. The minimum Gasteiger partial charge on any atom is -0.496 e. The molecule has 0 aromatic heterocycles. The number of nitrogens with two attached hydrogens (primary N) is 1. The van der Waals surface area contributed by atoms with Crippen LogP contribution in [0.25, 0.3) is 10.4 Å². The van der Waals surface area contributed by atoms with Crippen LogP contribution in [0, 0.1) is 0 Å². The van der Waals surface area contributed by atoms with Crippen molar-refractivity contribution in [2.75, 3.05) is 7.11 Å². The fourth-order valence-corrected chi connectivity index (χ4v) is 1.27. The number of azide groups is 1. The summed E-state index contributed by atoms with van der Waals surface area (Å²) in [6, 6.07) is 4.75. The Morgan fingerprint density at radius 3 is 2.81 bits per heavy atom. The van der Waals surface area contributed by atoms with Crippen molar-refractivity contribution in [3.63, 3.8) is 0 Å². The van der Waals surface area contributed by atoms with Crippen molar-refractivity contribution < 1.29 is 9.53 Å². The van der Waals surface area contributed by atoms with Crippen LogP contribution in [0.1, 0.15) is 28.9 Å². The lowest BCUT2D eigenvalue weighted by molar-refractivity contribution is 0.0997. The van der Waals surface area contributed by atoms with Gasteiger partial charge in [0.2, 0.25) is 0 Å². The summed E-state index contributed by atoms with van der Waals surface area (Å²) < 4.78 is 5.00. The molecule has 16 heavy (non-hydrogen) atoms. The van der Waals surface area contributed by atoms with Crippen molar-refractivity contribution in [1.29, 1.82) is 0 Å². The first-order valence-electron chi connectivity index (χ1n) is 4.63. The molecule has 6 heteroatoms. The summed E-state index contributed by atoms with van der Waals surface area (Å²) in [5, 5.41) is 3.02. The second-order valence-electron chi connectivity index (χ2n) is 3.24. The Kier molecular flexibility index (Phi) is 3.88. The van der Waals surface area contributed by atoms with Crippen molar-refractivity contribution in [3.05, 3.63) is 39.8 Å². The van der Waals surface area contributed by atoms with E-state index in [-0.39, 0.29) is 11.6 Å². The van der Waals surface area contributed by atoms with Crippen LogP contribution >= 0.6 is 0 Å². The zero-order valence-electron chi connectivity index (χ0n) is 9.04. The molecular formula is C10H12N4O2. The van der Waals surface area contributed by atoms with E-state index >= 15 is 0 Å². The lowest BCUT2D eigenvalue weighted by Crippen LogP contribution is -2.07. The lowest BCUT2D eigenvalue weighted by Gasteiger charge is -2.10. The van der Waals surface area contributed by atoms with Crippen molar-refractivity contribution in [1.82, 2.24) is 0 Å². The average Bonchev–Trinajstić information content (AvgIpc) is 2.28. The molecule has 0 radical (unpaired) electrons. The van der Waals surface area contributed by atoms with Crippen molar-refractivity contribution >= 4 is 5.91 Å². The van der Waals surface area contributed by atoms with Gasteiger partial charge >= 0.3 is 0 Å². The van der Waals surface area contributed by atoms with E-state index in [2.05, 4.69) is 10.0 Å². The summed E-state index contributed by atoms with van der Waals surface area (Å²) in [7, 11) is 1.44. The summed E-state index contributed by atoms with van der Waals surface area (Å²) in [5.41, 5.74) is 14.9. The molecule has 1 aromatic rings. The van der Waals surface area contributed by atoms with Crippen molar-refractivity contribution in [2.45, 2.75) is 13.0 Å². The van der Waals surface area contributed by atoms with E-state index in [0.29, 0.717) is 5.75 Å². The molecule has 2 N–H and O–H groups in total. The first-order valence-corrected chi connectivity index (χ1v) is 4.63. The molecule has 1 atom stereocenters. The molecule has 0 aliphatic heterocycles. The molecule has 0 bridgehead atoms. The standard InChI is InChI=1S/C10H12N4O2/c1-6(11)7-3-4-9(16-2)8(5-7)10(15)13-14-12/h3-6H,11H2,1-2H3. The third kappa shape index (κ3) is 2.50. The number of nitrogens with zero attached hydrogens (tertiary/aromatic N) is 3. The number of rotatable bonds is 3. The van der Waals surface area contributed by atoms with Crippen LogP contribution in [0.5, 0.6) is 5.75 Å². The lowest BCUT2D eigenvalue weighted by atomic mass is 10.0. The van der Waals surface area contributed by atoms with Gasteiger partial charge in [-0.2, -0.15) is 0 Å². The molecule has 0 aliphatic carbocycles. The predicted molar refractivity (Wildman–Crippen MR) is 59.1 cm³/mol. The smallest absolute Gasteiger partial charge is 0.252 e. The Morgan fingerprint density at radius 1 is 1.62 bits per heavy atom. The SMILES string of the molecule is COc1ccc(C(C)N)cc1C(=O)N=[N+]=[N-]. The minimum absolute atomic E-state index is 0.205. The fourth-order valence-electron chi connectivity index (χ4n) is 1.27. The number of carbonyl (C=O) groups excluding carboxylic acids is 1. The third-order valence-electron chi connectivity index (χ3n) is 2.12. The zero-order valence-corrected chi connectivity index (χ0v) is 9.04. The van der Waals surface area contributed by atoms with E-state index < -0.39 is 5.91 Å². The summed E-state index contributed by atoms with van der Waals surface area (Å²) >= 11 is 0. The van der Waals surface area contributed by atoms with Crippen molar-refractivity contribution in [2.24, 2.45) is 10.8 Å². The van der Waals surface area contributed by atoms with E-state index in [0.717, 1.165) is 5.56 Å². The Hall–Kier alpha value is -2.04. The van der Waals surface area contributed by atoms with Crippen LogP contribution < -0.4 is 10.5 Å². The highest BCUT2D eigenvalue weighted by Gasteiger charge is 2.12.